The Kier molecular flexibility index (Phi) is 4.35. The van der Waals surface area contributed by atoms with Crippen LogP contribution in [0.3, 0.4) is 0 Å². The highest BCUT2D eigenvalue weighted by Gasteiger charge is 2.43. The summed E-state index contributed by atoms with van der Waals surface area (Å²) in [5.74, 6) is -0.258. The van der Waals surface area contributed by atoms with Crippen molar-refractivity contribution < 1.29 is 9.18 Å². The van der Waals surface area contributed by atoms with Gasteiger partial charge < -0.3 is 15.1 Å². The highest BCUT2D eigenvalue weighted by atomic mass is 19.1. The monoisotopic (exact) mass is 330 g/mol. The zero-order valence-electron chi connectivity index (χ0n) is 14.2. The highest BCUT2D eigenvalue weighted by Crippen LogP contribution is 2.39. The first-order chi connectivity index (χ1) is 11.4. The molecule has 0 saturated heterocycles. The quantitative estimate of drug-likeness (QED) is 0.920. The van der Waals surface area contributed by atoms with Gasteiger partial charge in [-0.3, -0.25) is 4.79 Å². The van der Waals surface area contributed by atoms with Crippen molar-refractivity contribution in [2.24, 2.45) is 5.92 Å². The molecule has 0 radical (unpaired) electrons. The van der Waals surface area contributed by atoms with Gasteiger partial charge in [-0.2, -0.15) is 5.26 Å². The Morgan fingerprint density at radius 1 is 1.42 bits per heavy atom. The number of amides is 1. The molecule has 1 aromatic carbocycles. The minimum Gasteiger partial charge on any atom is -0.373 e. The topological polar surface area (TPSA) is 59.4 Å². The zero-order valence-corrected chi connectivity index (χ0v) is 14.2. The van der Waals surface area contributed by atoms with Gasteiger partial charge in [0.15, 0.2) is 0 Å². The fourth-order valence-corrected chi connectivity index (χ4v) is 3.36. The summed E-state index contributed by atoms with van der Waals surface area (Å²) < 4.78 is 13.7. The average Bonchev–Trinajstić information content (AvgIpc) is 3.38. The van der Waals surface area contributed by atoms with Crippen LogP contribution < -0.4 is 15.1 Å². The molecule has 6 heteroatoms. The standard InChI is InChI=1S/C18H23FN4O/c1-18(12-20,13-4-5-13)21-17(24)11-23-9-3-8-22(2)15-7-6-14(19)10-16(15)23/h6-7,10,13H,3-5,8-9,11H2,1-2H3,(H,21,24). The molecule has 1 aliphatic heterocycles. The first kappa shape index (κ1) is 16.6. The maximum absolute atomic E-state index is 13.7. The van der Waals surface area contributed by atoms with Crippen LogP contribution in [0.4, 0.5) is 15.8 Å². The second kappa shape index (κ2) is 6.31. The maximum Gasteiger partial charge on any atom is 0.240 e. The molecule has 2 aliphatic rings. The molecule has 3 rings (SSSR count). The number of hydrogen-bond donors (Lipinski definition) is 1. The largest absolute Gasteiger partial charge is 0.373 e. The van der Waals surface area contributed by atoms with Crippen LogP contribution in [0.1, 0.15) is 26.2 Å². The number of nitrogens with one attached hydrogen (secondary N) is 1. The summed E-state index contributed by atoms with van der Waals surface area (Å²) in [6, 6.07) is 6.92. The predicted octanol–water partition coefficient (Wildman–Crippen LogP) is 2.28. The van der Waals surface area contributed by atoms with Crippen LogP contribution >= 0.6 is 0 Å². The van der Waals surface area contributed by atoms with E-state index < -0.39 is 5.54 Å². The summed E-state index contributed by atoms with van der Waals surface area (Å²) in [5.41, 5.74) is 0.854. The van der Waals surface area contributed by atoms with E-state index in [-0.39, 0.29) is 24.2 Å². The molecule has 0 bridgehead atoms. The molecule has 0 aromatic heterocycles. The van der Waals surface area contributed by atoms with Gasteiger partial charge in [-0.25, -0.2) is 4.39 Å². The number of nitriles is 1. The van der Waals surface area contributed by atoms with Gasteiger partial charge in [-0.15, -0.1) is 0 Å². The number of hydrogen-bond acceptors (Lipinski definition) is 4. The lowest BCUT2D eigenvalue weighted by molar-refractivity contribution is -0.121. The summed E-state index contributed by atoms with van der Waals surface area (Å²) in [6.07, 6.45) is 2.85. The Balaban J connectivity index is 1.77. The lowest BCUT2D eigenvalue weighted by Gasteiger charge is -2.28. The van der Waals surface area contributed by atoms with Gasteiger partial charge in [-0.05, 0) is 50.3 Å². The third kappa shape index (κ3) is 3.30. The van der Waals surface area contributed by atoms with E-state index in [4.69, 9.17) is 0 Å². The van der Waals surface area contributed by atoms with E-state index in [1.165, 1.54) is 12.1 Å². The van der Waals surface area contributed by atoms with Crippen LogP contribution in [-0.2, 0) is 4.79 Å². The van der Waals surface area contributed by atoms with Gasteiger partial charge >= 0.3 is 0 Å². The molecule has 1 fully saturated rings. The second-order valence-electron chi connectivity index (χ2n) is 6.97. The van der Waals surface area contributed by atoms with E-state index in [2.05, 4.69) is 16.3 Å². The Labute approximate surface area is 142 Å². The first-order valence-corrected chi connectivity index (χ1v) is 8.41. The van der Waals surface area contributed by atoms with Gasteiger partial charge in [0.05, 0.1) is 24.0 Å². The molecular weight excluding hydrogens is 307 g/mol. The highest BCUT2D eigenvalue weighted by molar-refractivity contribution is 5.84. The number of benzene rings is 1. The minimum absolute atomic E-state index is 0.133. The van der Waals surface area contributed by atoms with E-state index in [9.17, 15) is 14.4 Å². The maximum atomic E-state index is 13.7. The van der Waals surface area contributed by atoms with Crippen LogP contribution in [0.2, 0.25) is 0 Å². The Bertz CT molecular complexity index is 682. The van der Waals surface area contributed by atoms with Gasteiger partial charge in [0.25, 0.3) is 0 Å². The minimum atomic E-state index is -0.801. The fraction of sp³-hybridized carbons (Fsp3) is 0.556. The van der Waals surface area contributed by atoms with E-state index in [0.29, 0.717) is 6.54 Å². The van der Waals surface area contributed by atoms with Crippen LogP contribution in [0.15, 0.2) is 18.2 Å². The van der Waals surface area contributed by atoms with Crippen LogP contribution in [0, 0.1) is 23.1 Å². The van der Waals surface area contributed by atoms with E-state index in [0.717, 1.165) is 37.2 Å². The number of fused-ring (bicyclic) bond motifs is 1. The molecule has 1 atom stereocenters. The summed E-state index contributed by atoms with van der Waals surface area (Å²) in [4.78, 5) is 16.5. The number of nitrogens with zero attached hydrogens (tertiary/aromatic N) is 3. The molecule has 1 heterocycles. The van der Waals surface area contributed by atoms with Crippen molar-refractivity contribution in [2.45, 2.75) is 31.7 Å². The van der Waals surface area contributed by atoms with Gasteiger partial charge in [0.1, 0.15) is 11.4 Å². The first-order valence-electron chi connectivity index (χ1n) is 8.41. The van der Waals surface area contributed by atoms with Crippen molar-refractivity contribution in [1.29, 1.82) is 5.26 Å². The molecule has 128 valence electrons. The number of halogens is 1. The molecule has 1 N–H and O–H groups in total. The second-order valence-corrected chi connectivity index (χ2v) is 6.97. The van der Waals surface area contributed by atoms with Crippen molar-refractivity contribution >= 4 is 17.3 Å². The summed E-state index contributed by atoms with van der Waals surface area (Å²) in [7, 11) is 1.97. The summed E-state index contributed by atoms with van der Waals surface area (Å²) in [6.45, 7) is 3.45. The van der Waals surface area contributed by atoms with Gasteiger partial charge in [0.2, 0.25) is 5.91 Å². The Morgan fingerprint density at radius 2 is 2.17 bits per heavy atom. The molecule has 5 nitrogen and oxygen atoms in total. The van der Waals surface area contributed by atoms with Crippen molar-refractivity contribution in [3.8, 4) is 6.07 Å². The predicted molar refractivity (Wildman–Crippen MR) is 91.4 cm³/mol. The summed E-state index contributed by atoms with van der Waals surface area (Å²) >= 11 is 0. The Hall–Kier alpha value is -2.29. The number of anilines is 2. The van der Waals surface area contributed by atoms with Crippen molar-refractivity contribution in [2.75, 3.05) is 36.5 Å². The third-order valence-corrected chi connectivity index (χ3v) is 4.97. The van der Waals surface area contributed by atoms with Gasteiger partial charge in [0, 0.05) is 20.1 Å². The van der Waals surface area contributed by atoms with Crippen LogP contribution in [-0.4, -0.2) is 38.1 Å². The molecule has 1 unspecified atom stereocenters. The van der Waals surface area contributed by atoms with E-state index in [1.54, 1.807) is 13.0 Å². The summed E-state index contributed by atoms with van der Waals surface area (Å²) in [5, 5.41) is 12.3. The fourth-order valence-electron chi connectivity index (χ4n) is 3.36. The van der Waals surface area contributed by atoms with Gasteiger partial charge in [-0.1, -0.05) is 0 Å². The molecule has 1 aromatic rings. The molecular formula is C18H23FN4O. The van der Waals surface area contributed by atoms with E-state index >= 15 is 0 Å². The molecule has 1 saturated carbocycles. The molecule has 0 spiro atoms. The third-order valence-electron chi connectivity index (χ3n) is 4.97. The average molecular weight is 330 g/mol. The van der Waals surface area contributed by atoms with Crippen LogP contribution in [0.5, 0.6) is 0 Å². The number of carbonyl (C=O) groups is 1. The molecule has 24 heavy (non-hydrogen) atoms. The van der Waals surface area contributed by atoms with Crippen molar-refractivity contribution in [3.63, 3.8) is 0 Å². The van der Waals surface area contributed by atoms with Crippen LogP contribution in [0.25, 0.3) is 0 Å². The Morgan fingerprint density at radius 3 is 2.83 bits per heavy atom. The van der Waals surface area contributed by atoms with Crippen molar-refractivity contribution in [3.05, 3.63) is 24.0 Å². The lowest BCUT2D eigenvalue weighted by atomic mass is 9.98. The lowest BCUT2D eigenvalue weighted by Crippen LogP contribution is -2.50. The zero-order chi connectivity index (χ0) is 17.3. The SMILES string of the molecule is CN1CCCN(CC(=O)NC(C)(C#N)C2CC2)c2cc(F)ccc21. The molecule has 1 amide bonds. The molecule has 1 aliphatic carbocycles. The van der Waals surface area contributed by atoms with E-state index in [1.807, 2.05) is 11.9 Å². The smallest absolute Gasteiger partial charge is 0.240 e. The number of rotatable bonds is 4. The number of carbonyl (C=O) groups excluding carboxylic acids is 1. The normalized spacial score (nSPS) is 19.8. The van der Waals surface area contributed by atoms with Crippen molar-refractivity contribution in [1.82, 2.24) is 5.32 Å².